The first-order chi connectivity index (χ1) is 11.9. The van der Waals surface area contributed by atoms with Crippen molar-refractivity contribution in [3.05, 3.63) is 35.4 Å². The largest absolute Gasteiger partial charge is 0.487 e. The lowest BCUT2D eigenvalue weighted by atomic mass is 9.96. The summed E-state index contributed by atoms with van der Waals surface area (Å²) in [5, 5.41) is 0. The van der Waals surface area contributed by atoms with Crippen LogP contribution in [0.1, 0.15) is 23.3 Å². The van der Waals surface area contributed by atoms with Gasteiger partial charge in [-0.2, -0.15) is 0 Å². The molecule has 0 fully saturated rings. The molecule has 0 amide bonds. The summed E-state index contributed by atoms with van der Waals surface area (Å²) < 4.78 is 34.0. The van der Waals surface area contributed by atoms with E-state index in [2.05, 4.69) is 12.2 Å². The van der Waals surface area contributed by atoms with Crippen LogP contribution >= 0.6 is 0 Å². The van der Waals surface area contributed by atoms with Crippen LogP contribution < -0.4 is 9.47 Å². The number of hydrogen-bond donors (Lipinski definition) is 0. The predicted octanol–water partition coefficient (Wildman–Crippen LogP) is 2.19. The van der Waals surface area contributed by atoms with Gasteiger partial charge in [0.25, 0.3) is 0 Å². The molecule has 1 aromatic carbocycles. The summed E-state index contributed by atoms with van der Waals surface area (Å²) in [7, 11) is 0. The third-order valence-corrected chi connectivity index (χ3v) is 4.23. The minimum atomic E-state index is 0.0345. The van der Waals surface area contributed by atoms with Gasteiger partial charge in [0.2, 0.25) is 0 Å². The van der Waals surface area contributed by atoms with E-state index in [9.17, 15) is 0 Å². The van der Waals surface area contributed by atoms with E-state index in [0.717, 1.165) is 22.6 Å². The Kier molecular flexibility index (Phi) is 4.99. The Bertz CT molecular complexity index is 550. The zero-order chi connectivity index (χ0) is 16.2. The minimum Gasteiger partial charge on any atom is -0.487 e. The first-order valence-corrected chi connectivity index (χ1v) is 8.42. The Balaban J connectivity index is 1.49. The van der Waals surface area contributed by atoms with Crippen LogP contribution in [0.5, 0.6) is 11.5 Å². The van der Waals surface area contributed by atoms with Gasteiger partial charge in [0.1, 0.15) is 25.4 Å². The lowest BCUT2D eigenvalue weighted by Gasteiger charge is -2.16. The normalized spacial score (nSPS) is 27.3. The first kappa shape index (κ1) is 15.9. The highest BCUT2D eigenvalue weighted by Gasteiger charge is 2.35. The van der Waals surface area contributed by atoms with Crippen molar-refractivity contribution in [1.82, 2.24) is 0 Å². The van der Waals surface area contributed by atoms with Crippen LogP contribution in [0.3, 0.4) is 0 Å². The minimum absolute atomic E-state index is 0.0345. The zero-order valence-corrected chi connectivity index (χ0v) is 13.6. The molecule has 6 nitrogen and oxygen atoms in total. The number of ether oxygens (including phenoxy) is 6. The summed E-state index contributed by atoms with van der Waals surface area (Å²) in [5.74, 6) is 1.46. The Morgan fingerprint density at radius 2 is 1.00 bits per heavy atom. The first-order valence-electron chi connectivity index (χ1n) is 8.42. The van der Waals surface area contributed by atoms with E-state index in [1.807, 2.05) is 12.1 Å². The molecule has 3 aliphatic rings. The molecular weight excluding hydrogens is 312 g/mol. The van der Waals surface area contributed by atoms with Crippen molar-refractivity contribution in [2.45, 2.75) is 12.2 Å². The van der Waals surface area contributed by atoms with Gasteiger partial charge in [0, 0.05) is 0 Å². The second kappa shape index (κ2) is 7.53. The lowest BCUT2D eigenvalue weighted by molar-refractivity contribution is 0.00707. The predicted molar refractivity (Wildman–Crippen MR) is 85.6 cm³/mol. The maximum atomic E-state index is 5.89. The van der Waals surface area contributed by atoms with Gasteiger partial charge in [0.05, 0.1) is 39.6 Å². The summed E-state index contributed by atoms with van der Waals surface area (Å²) >= 11 is 0. The van der Waals surface area contributed by atoms with Gasteiger partial charge >= 0.3 is 0 Å². The van der Waals surface area contributed by atoms with Gasteiger partial charge < -0.3 is 28.4 Å². The van der Waals surface area contributed by atoms with Crippen LogP contribution in [0.4, 0.5) is 0 Å². The molecule has 0 saturated heterocycles. The van der Waals surface area contributed by atoms with Crippen molar-refractivity contribution < 1.29 is 28.4 Å². The Hall–Kier alpha value is -1.60. The van der Waals surface area contributed by atoms with E-state index in [1.54, 1.807) is 0 Å². The molecule has 2 bridgehead atoms. The quantitative estimate of drug-likeness (QED) is 0.678. The molecule has 4 rings (SSSR count). The monoisotopic (exact) mass is 334 g/mol. The Morgan fingerprint density at radius 3 is 1.46 bits per heavy atom. The molecule has 130 valence electrons. The van der Waals surface area contributed by atoms with E-state index in [-0.39, 0.29) is 12.2 Å². The van der Waals surface area contributed by atoms with Crippen LogP contribution in [0.25, 0.3) is 0 Å². The molecule has 3 aliphatic heterocycles. The van der Waals surface area contributed by atoms with Gasteiger partial charge in [0.15, 0.2) is 11.5 Å². The smallest absolute Gasteiger partial charge is 0.161 e. The van der Waals surface area contributed by atoms with Crippen LogP contribution in [-0.4, -0.2) is 52.9 Å². The number of benzene rings is 1. The average molecular weight is 334 g/mol. The Morgan fingerprint density at radius 1 is 0.583 bits per heavy atom. The molecule has 0 spiro atoms. The third-order valence-electron chi connectivity index (χ3n) is 4.23. The van der Waals surface area contributed by atoms with Crippen molar-refractivity contribution in [2.24, 2.45) is 0 Å². The molecule has 0 aliphatic carbocycles. The summed E-state index contributed by atoms with van der Waals surface area (Å²) in [4.78, 5) is 0. The highest BCUT2D eigenvalue weighted by Crippen LogP contribution is 2.49. The number of rotatable bonds is 0. The van der Waals surface area contributed by atoms with Gasteiger partial charge in [-0.15, -0.1) is 0 Å². The summed E-state index contributed by atoms with van der Waals surface area (Å²) in [6.45, 7) is 4.20. The zero-order valence-electron chi connectivity index (χ0n) is 13.6. The lowest BCUT2D eigenvalue weighted by Crippen LogP contribution is -2.13. The van der Waals surface area contributed by atoms with Crippen molar-refractivity contribution in [3.8, 4) is 11.5 Å². The molecule has 0 radical (unpaired) electrons. The van der Waals surface area contributed by atoms with Crippen LogP contribution in [-0.2, 0) is 18.9 Å². The molecular formula is C18H22O6. The van der Waals surface area contributed by atoms with Crippen molar-refractivity contribution in [1.29, 1.82) is 0 Å². The van der Waals surface area contributed by atoms with Gasteiger partial charge in [-0.1, -0.05) is 12.2 Å². The topological polar surface area (TPSA) is 55.4 Å². The van der Waals surface area contributed by atoms with Crippen molar-refractivity contribution in [3.63, 3.8) is 0 Å². The second-order valence-corrected chi connectivity index (χ2v) is 5.82. The van der Waals surface area contributed by atoms with E-state index in [1.165, 1.54) is 0 Å². The number of hydrogen-bond acceptors (Lipinski definition) is 6. The summed E-state index contributed by atoms with van der Waals surface area (Å²) in [6.07, 6.45) is 4.24. The fraction of sp³-hybridized carbons (Fsp3) is 0.556. The second-order valence-electron chi connectivity index (χ2n) is 5.82. The Labute approximate surface area is 141 Å². The van der Waals surface area contributed by atoms with Crippen molar-refractivity contribution in [2.75, 3.05) is 52.9 Å². The maximum Gasteiger partial charge on any atom is 0.161 e. The standard InChI is InChI=1S/C18H22O6/c1-2-16-14-12-18-17(11-13(14)15(1)24-16)22-9-7-20-5-3-19-4-6-21-8-10-23-18/h1-2,11-12,15-16H,3-10H2. The molecule has 6 heteroatoms. The van der Waals surface area contributed by atoms with Crippen LogP contribution in [0.15, 0.2) is 24.3 Å². The van der Waals surface area contributed by atoms with E-state index >= 15 is 0 Å². The molecule has 0 N–H and O–H groups in total. The molecule has 24 heavy (non-hydrogen) atoms. The summed E-state index contributed by atoms with van der Waals surface area (Å²) in [5.41, 5.74) is 2.32. The number of fused-ring (bicyclic) bond motifs is 6. The van der Waals surface area contributed by atoms with E-state index in [0.29, 0.717) is 52.9 Å². The molecule has 3 heterocycles. The van der Waals surface area contributed by atoms with E-state index < -0.39 is 0 Å². The molecule has 0 saturated carbocycles. The molecule has 0 aromatic heterocycles. The van der Waals surface area contributed by atoms with Crippen molar-refractivity contribution >= 4 is 0 Å². The highest BCUT2D eigenvalue weighted by molar-refractivity contribution is 5.54. The fourth-order valence-corrected chi connectivity index (χ4v) is 3.08. The van der Waals surface area contributed by atoms with Crippen LogP contribution in [0.2, 0.25) is 0 Å². The van der Waals surface area contributed by atoms with Gasteiger partial charge in [-0.3, -0.25) is 0 Å². The molecule has 2 unspecified atom stereocenters. The van der Waals surface area contributed by atoms with E-state index in [4.69, 9.17) is 28.4 Å². The van der Waals surface area contributed by atoms with Gasteiger partial charge in [-0.25, -0.2) is 0 Å². The molecule has 2 atom stereocenters. The maximum absolute atomic E-state index is 5.89. The third kappa shape index (κ3) is 3.42. The molecule has 1 aromatic rings. The highest BCUT2D eigenvalue weighted by atomic mass is 16.6. The fourth-order valence-electron chi connectivity index (χ4n) is 3.08. The van der Waals surface area contributed by atoms with Gasteiger partial charge in [-0.05, 0) is 23.3 Å². The van der Waals surface area contributed by atoms with Crippen LogP contribution in [0, 0.1) is 0 Å². The SMILES string of the molecule is C1=CC2OC1c1cc3c(cc12)OCCOCCOCCOCCO3. The average Bonchev–Trinajstić information content (AvgIpc) is 3.20. The summed E-state index contributed by atoms with van der Waals surface area (Å²) in [6, 6.07) is 4.06.